The predicted molar refractivity (Wildman–Crippen MR) is 131 cm³/mol. The molecule has 3 atom stereocenters. The molecule has 0 bridgehead atoms. The Bertz CT molecular complexity index is 1240. The van der Waals surface area contributed by atoms with Crippen molar-refractivity contribution in [3.8, 4) is 5.75 Å². The van der Waals surface area contributed by atoms with Gasteiger partial charge >= 0.3 is 0 Å². The molecule has 7 nitrogen and oxygen atoms in total. The molecule has 1 aliphatic heterocycles. The maximum atomic E-state index is 13.7. The fourth-order valence-corrected chi connectivity index (χ4v) is 4.84. The average Bonchev–Trinajstić information content (AvgIpc) is 3.09. The number of imide groups is 1. The SMILES string of the molecule is COc1ccc(C(=O)[C@H](C)N(C(=O)c2ccc(Cl)c(Cl)c2)N2C(=O)[C@@H]3CC=C(C)C[C@H]3C2=O)cc1. The Hall–Kier alpha value is -3.16. The van der Waals surface area contributed by atoms with Crippen LogP contribution in [-0.2, 0) is 9.59 Å². The fraction of sp³-hybridized carbons (Fsp3) is 0.308. The van der Waals surface area contributed by atoms with Crippen molar-refractivity contribution < 1.29 is 23.9 Å². The molecule has 35 heavy (non-hydrogen) atoms. The summed E-state index contributed by atoms with van der Waals surface area (Å²) in [5.41, 5.74) is 1.41. The molecule has 0 spiro atoms. The summed E-state index contributed by atoms with van der Waals surface area (Å²) in [5, 5.41) is 2.21. The average molecular weight is 515 g/mol. The van der Waals surface area contributed by atoms with Crippen molar-refractivity contribution in [1.29, 1.82) is 0 Å². The van der Waals surface area contributed by atoms with Crippen LogP contribution in [0.5, 0.6) is 5.75 Å². The lowest BCUT2D eigenvalue weighted by molar-refractivity contribution is -0.156. The third kappa shape index (κ3) is 4.58. The van der Waals surface area contributed by atoms with Gasteiger partial charge in [-0.3, -0.25) is 19.2 Å². The predicted octanol–water partition coefficient (Wildman–Crippen LogP) is 4.97. The lowest BCUT2D eigenvalue weighted by Crippen LogP contribution is -2.56. The van der Waals surface area contributed by atoms with Gasteiger partial charge < -0.3 is 4.74 Å². The van der Waals surface area contributed by atoms with Crippen molar-refractivity contribution in [2.75, 3.05) is 7.11 Å². The number of halogens is 2. The molecule has 4 rings (SSSR count). The molecule has 2 aliphatic rings. The molecule has 1 heterocycles. The molecular weight excluding hydrogens is 491 g/mol. The summed E-state index contributed by atoms with van der Waals surface area (Å²) in [7, 11) is 1.51. The van der Waals surface area contributed by atoms with Crippen LogP contribution in [-0.4, -0.2) is 46.7 Å². The summed E-state index contributed by atoms with van der Waals surface area (Å²) in [6, 6.07) is 9.48. The number of allylic oxidation sites excluding steroid dienone is 2. The lowest BCUT2D eigenvalue weighted by Gasteiger charge is -2.34. The molecule has 1 fully saturated rings. The Kier molecular flexibility index (Phi) is 7.01. The van der Waals surface area contributed by atoms with E-state index in [9.17, 15) is 19.2 Å². The second-order valence-electron chi connectivity index (χ2n) is 8.74. The largest absolute Gasteiger partial charge is 0.497 e. The summed E-state index contributed by atoms with van der Waals surface area (Å²) in [4.78, 5) is 54.0. The van der Waals surface area contributed by atoms with E-state index in [1.165, 1.54) is 32.2 Å². The van der Waals surface area contributed by atoms with E-state index in [-0.39, 0.29) is 15.6 Å². The van der Waals surface area contributed by atoms with Crippen LogP contribution in [0.2, 0.25) is 10.0 Å². The zero-order chi connectivity index (χ0) is 25.4. The van der Waals surface area contributed by atoms with E-state index in [1.807, 2.05) is 13.0 Å². The number of hydrogen-bond donors (Lipinski definition) is 0. The van der Waals surface area contributed by atoms with Gasteiger partial charge in [-0.25, -0.2) is 5.01 Å². The minimum absolute atomic E-state index is 0.0959. The number of ketones is 1. The van der Waals surface area contributed by atoms with E-state index in [4.69, 9.17) is 27.9 Å². The first kappa shape index (κ1) is 24.9. The van der Waals surface area contributed by atoms with Crippen molar-refractivity contribution >= 4 is 46.7 Å². The number of benzene rings is 2. The van der Waals surface area contributed by atoms with Crippen LogP contribution in [0.15, 0.2) is 54.1 Å². The summed E-state index contributed by atoms with van der Waals surface area (Å²) >= 11 is 12.1. The number of amides is 3. The van der Waals surface area contributed by atoms with E-state index < -0.39 is 41.4 Å². The molecule has 0 saturated carbocycles. The highest BCUT2D eigenvalue weighted by Crippen LogP contribution is 2.39. The molecule has 1 aliphatic carbocycles. The van der Waals surface area contributed by atoms with Gasteiger partial charge in [0.25, 0.3) is 17.7 Å². The van der Waals surface area contributed by atoms with Crippen molar-refractivity contribution in [2.24, 2.45) is 11.8 Å². The van der Waals surface area contributed by atoms with Gasteiger partial charge in [0.1, 0.15) is 11.8 Å². The zero-order valence-corrected chi connectivity index (χ0v) is 21.0. The number of Topliss-reactive ketones (excluding diaryl/α,β-unsaturated/α-hetero) is 1. The quantitative estimate of drug-likeness (QED) is 0.308. The number of hydrogen-bond acceptors (Lipinski definition) is 5. The maximum Gasteiger partial charge on any atom is 0.273 e. The molecule has 1 saturated heterocycles. The molecule has 0 radical (unpaired) electrons. The van der Waals surface area contributed by atoms with Gasteiger partial charge in [-0.2, -0.15) is 5.01 Å². The summed E-state index contributed by atoms with van der Waals surface area (Å²) in [6.07, 6.45) is 2.78. The number of carbonyl (C=O) groups is 4. The summed E-state index contributed by atoms with van der Waals surface area (Å²) in [5.74, 6) is -2.70. The smallest absolute Gasteiger partial charge is 0.273 e. The van der Waals surface area contributed by atoms with Crippen LogP contribution in [0.4, 0.5) is 0 Å². The van der Waals surface area contributed by atoms with Gasteiger partial charge in [-0.15, -0.1) is 0 Å². The highest BCUT2D eigenvalue weighted by Gasteiger charge is 2.53. The number of nitrogens with zero attached hydrogens (tertiary/aromatic N) is 2. The van der Waals surface area contributed by atoms with Gasteiger partial charge in [0.05, 0.1) is 29.0 Å². The van der Waals surface area contributed by atoms with E-state index >= 15 is 0 Å². The molecule has 0 N–H and O–H groups in total. The standard InChI is InChI=1S/C26H24Cl2N2O5/c1-14-4-10-19-20(12-14)26(34)30(25(19)33)29(24(32)17-7-11-21(27)22(28)13-17)15(2)23(31)16-5-8-18(35-3)9-6-16/h4-9,11,13,15,19-20H,10,12H2,1-3H3/t15-,19+,20+/m0/s1. The topological polar surface area (TPSA) is 84.0 Å². The van der Waals surface area contributed by atoms with E-state index in [0.717, 1.165) is 15.6 Å². The first-order valence-corrected chi connectivity index (χ1v) is 11.9. The molecule has 0 unspecified atom stereocenters. The van der Waals surface area contributed by atoms with Gasteiger partial charge in [-0.05, 0) is 69.2 Å². The summed E-state index contributed by atoms with van der Waals surface area (Å²) < 4.78 is 5.14. The van der Waals surface area contributed by atoms with Crippen LogP contribution in [0.25, 0.3) is 0 Å². The fourth-order valence-electron chi connectivity index (χ4n) is 4.54. The molecule has 182 valence electrons. The molecule has 9 heteroatoms. The van der Waals surface area contributed by atoms with Gasteiger partial charge in [0, 0.05) is 11.1 Å². The Morgan fingerprint density at radius 3 is 2.26 bits per heavy atom. The monoisotopic (exact) mass is 514 g/mol. The Balaban J connectivity index is 1.75. The van der Waals surface area contributed by atoms with E-state index in [2.05, 4.69) is 0 Å². The minimum atomic E-state index is -1.16. The van der Waals surface area contributed by atoms with Crippen molar-refractivity contribution in [2.45, 2.75) is 32.7 Å². The Labute approximate surface area is 213 Å². The second kappa shape index (κ2) is 9.84. The molecule has 0 aromatic heterocycles. The van der Waals surface area contributed by atoms with Crippen LogP contribution in [0.1, 0.15) is 47.4 Å². The van der Waals surface area contributed by atoms with Gasteiger partial charge in [0.15, 0.2) is 5.78 Å². The lowest BCUT2D eigenvalue weighted by atomic mass is 9.82. The molecule has 2 aromatic rings. The number of carbonyl (C=O) groups excluding carboxylic acids is 4. The third-order valence-corrected chi connectivity index (χ3v) is 7.25. The first-order valence-electron chi connectivity index (χ1n) is 11.1. The van der Waals surface area contributed by atoms with Crippen molar-refractivity contribution in [3.63, 3.8) is 0 Å². The molecular formula is C26H24Cl2N2O5. The third-order valence-electron chi connectivity index (χ3n) is 6.51. The number of methoxy groups -OCH3 is 1. The first-order chi connectivity index (χ1) is 16.6. The highest BCUT2D eigenvalue weighted by molar-refractivity contribution is 6.42. The second-order valence-corrected chi connectivity index (χ2v) is 9.55. The zero-order valence-electron chi connectivity index (χ0n) is 19.5. The number of hydrazine groups is 1. The van der Waals surface area contributed by atoms with Gasteiger partial charge in [-0.1, -0.05) is 34.9 Å². The molecule has 2 aromatic carbocycles. The van der Waals surface area contributed by atoms with Crippen LogP contribution in [0, 0.1) is 11.8 Å². The maximum absolute atomic E-state index is 13.7. The van der Waals surface area contributed by atoms with Crippen LogP contribution in [0.3, 0.4) is 0 Å². The van der Waals surface area contributed by atoms with Crippen molar-refractivity contribution in [3.05, 3.63) is 75.3 Å². The number of fused-ring (bicyclic) bond motifs is 1. The Morgan fingerprint density at radius 2 is 1.63 bits per heavy atom. The highest BCUT2D eigenvalue weighted by atomic mass is 35.5. The number of rotatable bonds is 6. The number of ether oxygens (including phenoxy) is 1. The Morgan fingerprint density at radius 1 is 1.00 bits per heavy atom. The van der Waals surface area contributed by atoms with Crippen LogP contribution < -0.4 is 4.74 Å². The van der Waals surface area contributed by atoms with Crippen molar-refractivity contribution in [1.82, 2.24) is 10.0 Å². The van der Waals surface area contributed by atoms with E-state index in [1.54, 1.807) is 24.3 Å². The van der Waals surface area contributed by atoms with E-state index in [0.29, 0.717) is 24.2 Å². The minimum Gasteiger partial charge on any atom is -0.497 e. The van der Waals surface area contributed by atoms with Crippen LogP contribution >= 0.6 is 23.2 Å². The molecule has 3 amide bonds. The van der Waals surface area contributed by atoms with Gasteiger partial charge in [0.2, 0.25) is 0 Å². The summed E-state index contributed by atoms with van der Waals surface area (Å²) in [6.45, 7) is 3.40. The normalized spacial score (nSPS) is 20.3.